The number of benzene rings is 1. The molecular formula is C11H12F2NOP. The van der Waals surface area contributed by atoms with Crippen LogP contribution in [0.4, 0.5) is 14.5 Å². The predicted octanol–water partition coefficient (Wildman–Crippen LogP) is 3.05. The summed E-state index contributed by atoms with van der Waals surface area (Å²) in [6.07, 6.45) is 5.01. The first kappa shape index (κ1) is 12.7. The predicted molar refractivity (Wildman–Crippen MR) is 63.1 cm³/mol. The first-order valence-electron chi connectivity index (χ1n) is 4.56. The maximum absolute atomic E-state index is 13.4. The normalized spacial score (nSPS) is 10.0. The van der Waals surface area contributed by atoms with E-state index in [-0.39, 0.29) is 18.0 Å². The van der Waals surface area contributed by atoms with Crippen molar-refractivity contribution in [1.82, 2.24) is 0 Å². The molecule has 0 aliphatic heterocycles. The van der Waals surface area contributed by atoms with Crippen LogP contribution >= 0.6 is 8.15 Å². The van der Waals surface area contributed by atoms with Gasteiger partial charge in [0.25, 0.3) is 0 Å². The highest BCUT2D eigenvalue weighted by atomic mass is 31.1. The first-order chi connectivity index (χ1) is 7.54. The molecule has 0 fully saturated rings. The Morgan fingerprint density at radius 2 is 2.06 bits per heavy atom. The largest absolute Gasteiger partial charge is 0.471 e. The second kappa shape index (κ2) is 5.67. The third kappa shape index (κ3) is 3.36. The van der Waals surface area contributed by atoms with Gasteiger partial charge in [-0.1, -0.05) is 5.92 Å². The van der Waals surface area contributed by atoms with E-state index in [0.717, 1.165) is 12.1 Å². The Morgan fingerprint density at radius 1 is 1.38 bits per heavy atom. The van der Waals surface area contributed by atoms with Crippen LogP contribution in [-0.4, -0.2) is 19.9 Å². The van der Waals surface area contributed by atoms with E-state index in [0.29, 0.717) is 0 Å². The zero-order valence-corrected chi connectivity index (χ0v) is 9.94. The molecule has 1 aromatic carbocycles. The zero-order chi connectivity index (χ0) is 12.1. The Bertz CT molecular complexity index is 415. The van der Waals surface area contributed by atoms with E-state index in [9.17, 15) is 8.78 Å². The Labute approximate surface area is 94.8 Å². The number of hydrogen-bond acceptors (Lipinski definition) is 2. The first-order valence-corrected chi connectivity index (χ1v) is 6.71. The van der Waals surface area contributed by atoms with Crippen molar-refractivity contribution in [3.8, 4) is 18.1 Å². The molecule has 0 aromatic heterocycles. The molecule has 1 N–H and O–H groups in total. The van der Waals surface area contributed by atoms with Gasteiger partial charge in [0.15, 0.2) is 11.6 Å². The lowest BCUT2D eigenvalue weighted by Gasteiger charge is -2.12. The fourth-order valence-corrected chi connectivity index (χ4v) is 1.61. The van der Waals surface area contributed by atoms with Crippen LogP contribution in [0.3, 0.4) is 0 Å². The fraction of sp³-hybridized carbons (Fsp3) is 0.273. The Balaban J connectivity index is 2.93. The number of terminal acetylenes is 1. The van der Waals surface area contributed by atoms with E-state index in [1.807, 2.05) is 0 Å². The number of halogens is 2. The molecule has 0 atom stereocenters. The molecule has 16 heavy (non-hydrogen) atoms. The summed E-state index contributed by atoms with van der Waals surface area (Å²) < 4.78 is 32.0. The number of anilines is 1. The number of hydrogen-bond donors (Lipinski definition) is 1. The third-order valence-electron chi connectivity index (χ3n) is 1.68. The molecular weight excluding hydrogens is 231 g/mol. The van der Waals surface area contributed by atoms with Gasteiger partial charge in [-0.05, 0) is 13.3 Å². The quantitative estimate of drug-likeness (QED) is 0.648. The van der Waals surface area contributed by atoms with Crippen LogP contribution in [-0.2, 0) is 0 Å². The number of rotatable bonds is 4. The summed E-state index contributed by atoms with van der Waals surface area (Å²) in [7, 11) is -0.785. The third-order valence-corrected chi connectivity index (χ3v) is 2.25. The van der Waals surface area contributed by atoms with E-state index >= 15 is 0 Å². The summed E-state index contributed by atoms with van der Waals surface area (Å²) in [5.74, 6) is 1.03. The molecule has 0 bridgehead atoms. The molecule has 0 aliphatic rings. The monoisotopic (exact) mass is 243 g/mol. The van der Waals surface area contributed by atoms with Gasteiger partial charge in [-0.15, -0.1) is 6.42 Å². The van der Waals surface area contributed by atoms with Crippen molar-refractivity contribution in [1.29, 1.82) is 0 Å². The lowest BCUT2D eigenvalue weighted by atomic mass is 10.2. The van der Waals surface area contributed by atoms with Gasteiger partial charge < -0.3 is 9.84 Å². The summed E-state index contributed by atoms with van der Waals surface area (Å²) in [6, 6.07) is 2.07. The molecule has 0 saturated carbocycles. The highest BCUT2D eigenvalue weighted by Gasteiger charge is 2.11. The van der Waals surface area contributed by atoms with Crippen LogP contribution in [0.2, 0.25) is 0 Å². The van der Waals surface area contributed by atoms with Crippen LogP contribution in [0.5, 0.6) is 5.75 Å². The number of nitrogens with one attached hydrogen (secondary N) is 1. The average Bonchev–Trinajstić information content (AvgIpc) is 2.20. The van der Waals surface area contributed by atoms with Gasteiger partial charge in [-0.3, -0.25) is 0 Å². The van der Waals surface area contributed by atoms with Crippen LogP contribution in [0.1, 0.15) is 0 Å². The summed E-state index contributed by atoms with van der Waals surface area (Å²) in [6.45, 7) is 3.75. The maximum Gasteiger partial charge on any atom is 0.167 e. The van der Waals surface area contributed by atoms with E-state index < -0.39 is 19.8 Å². The van der Waals surface area contributed by atoms with Crippen molar-refractivity contribution < 1.29 is 13.3 Å². The molecule has 0 spiro atoms. The van der Waals surface area contributed by atoms with E-state index in [1.165, 1.54) is 0 Å². The fourth-order valence-electron chi connectivity index (χ4n) is 1.08. The minimum Gasteiger partial charge on any atom is -0.471 e. The van der Waals surface area contributed by atoms with Crippen LogP contribution in [0, 0.1) is 24.0 Å². The molecule has 0 saturated heterocycles. The lowest BCUT2D eigenvalue weighted by molar-refractivity contribution is 0.520. The molecule has 0 radical (unpaired) electrons. The van der Waals surface area contributed by atoms with Crippen molar-refractivity contribution in [3.63, 3.8) is 0 Å². The highest BCUT2D eigenvalue weighted by Crippen LogP contribution is 2.34. The molecule has 0 aliphatic carbocycles. The molecule has 86 valence electrons. The second-order valence-corrected chi connectivity index (χ2v) is 5.03. The zero-order valence-electron chi connectivity index (χ0n) is 9.05. The SMILES string of the molecule is C#CCNc1cc(F)c(OP(C)C)cc1F. The molecule has 2 nitrogen and oxygen atoms in total. The lowest BCUT2D eigenvalue weighted by Crippen LogP contribution is -2.02. The van der Waals surface area contributed by atoms with E-state index in [1.54, 1.807) is 13.3 Å². The van der Waals surface area contributed by atoms with E-state index in [2.05, 4.69) is 11.2 Å². The van der Waals surface area contributed by atoms with Gasteiger partial charge >= 0.3 is 0 Å². The summed E-state index contributed by atoms with van der Waals surface area (Å²) in [5, 5.41) is 2.58. The standard InChI is InChI=1S/C11H12F2NOP/c1-4-5-14-10-6-9(13)11(7-8(10)12)15-16(2)3/h1,6-7,14H,5H2,2-3H3. The van der Waals surface area contributed by atoms with Crippen LogP contribution in [0.15, 0.2) is 12.1 Å². The highest BCUT2D eigenvalue weighted by molar-refractivity contribution is 7.51. The Morgan fingerprint density at radius 3 is 2.62 bits per heavy atom. The molecule has 0 amide bonds. The Kier molecular flexibility index (Phi) is 4.52. The summed E-state index contributed by atoms with van der Waals surface area (Å²) in [5.41, 5.74) is 0.0410. The molecule has 0 unspecified atom stereocenters. The van der Waals surface area contributed by atoms with Crippen LogP contribution in [0.25, 0.3) is 0 Å². The van der Waals surface area contributed by atoms with Crippen molar-refractivity contribution in [2.75, 3.05) is 25.2 Å². The van der Waals surface area contributed by atoms with Crippen molar-refractivity contribution in [2.24, 2.45) is 0 Å². The molecule has 1 aromatic rings. The minimum atomic E-state index is -0.785. The summed E-state index contributed by atoms with van der Waals surface area (Å²) >= 11 is 0. The molecule has 5 heteroatoms. The maximum atomic E-state index is 13.4. The van der Waals surface area contributed by atoms with E-state index in [4.69, 9.17) is 10.9 Å². The van der Waals surface area contributed by atoms with Gasteiger partial charge in [-0.2, -0.15) is 0 Å². The van der Waals surface area contributed by atoms with Crippen LogP contribution < -0.4 is 9.84 Å². The van der Waals surface area contributed by atoms with Gasteiger partial charge in [0.05, 0.1) is 20.4 Å². The van der Waals surface area contributed by atoms with Crippen molar-refractivity contribution in [2.45, 2.75) is 0 Å². The second-order valence-electron chi connectivity index (χ2n) is 3.22. The Hall–Kier alpha value is -1.33. The summed E-state index contributed by atoms with van der Waals surface area (Å²) in [4.78, 5) is 0. The molecule has 0 heterocycles. The van der Waals surface area contributed by atoms with Crippen molar-refractivity contribution >= 4 is 13.8 Å². The van der Waals surface area contributed by atoms with Gasteiger partial charge in [0, 0.05) is 12.1 Å². The molecule has 1 rings (SSSR count). The van der Waals surface area contributed by atoms with Gasteiger partial charge in [0.2, 0.25) is 0 Å². The smallest absolute Gasteiger partial charge is 0.167 e. The average molecular weight is 243 g/mol. The minimum absolute atomic E-state index is 0.0410. The van der Waals surface area contributed by atoms with Gasteiger partial charge in [-0.25, -0.2) is 8.78 Å². The van der Waals surface area contributed by atoms with Gasteiger partial charge in [0.1, 0.15) is 5.82 Å². The topological polar surface area (TPSA) is 21.3 Å². The van der Waals surface area contributed by atoms with Crippen molar-refractivity contribution in [3.05, 3.63) is 23.8 Å².